The van der Waals surface area contributed by atoms with Crippen molar-refractivity contribution in [1.29, 1.82) is 0 Å². The fraction of sp³-hybridized carbons (Fsp3) is 0. The number of rotatable bonds is 2. The largest absolute Gasteiger partial charge is 0.455 e. The van der Waals surface area contributed by atoms with E-state index in [9.17, 15) is 0 Å². The summed E-state index contributed by atoms with van der Waals surface area (Å²) in [6.07, 6.45) is 0. The molecule has 1 heterocycles. The minimum Gasteiger partial charge on any atom is -0.455 e. The fourth-order valence-corrected chi connectivity index (χ4v) is 2.77. The van der Waals surface area contributed by atoms with Gasteiger partial charge in [-0.3, -0.25) is 0 Å². The third-order valence-electron chi connectivity index (χ3n) is 3.83. The van der Waals surface area contributed by atoms with E-state index >= 15 is 0 Å². The number of nitrogen functional groups attached to an aromatic ring is 1. The van der Waals surface area contributed by atoms with Crippen LogP contribution < -0.4 is 5.73 Å². The van der Waals surface area contributed by atoms with Gasteiger partial charge in [0.25, 0.3) is 0 Å². The summed E-state index contributed by atoms with van der Waals surface area (Å²) >= 11 is 0. The zero-order valence-electron chi connectivity index (χ0n) is 12.0. The molecule has 4 aromatic rings. The highest BCUT2D eigenvalue weighted by molar-refractivity contribution is 6.01. The molecule has 0 aliphatic carbocycles. The van der Waals surface area contributed by atoms with E-state index in [1.807, 2.05) is 60.7 Å². The van der Waals surface area contributed by atoms with Crippen LogP contribution >= 0.6 is 0 Å². The molecule has 0 amide bonds. The van der Waals surface area contributed by atoms with Crippen LogP contribution in [0.2, 0.25) is 0 Å². The predicted octanol–water partition coefficient (Wildman–Crippen LogP) is 5.35. The molecule has 0 saturated heterocycles. The van der Waals surface area contributed by atoms with Crippen LogP contribution in [0.3, 0.4) is 0 Å². The van der Waals surface area contributed by atoms with Crippen molar-refractivity contribution in [2.24, 2.45) is 0 Å². The lowest BCUT2D eigenvalue weighted by atomic mass is 9.98. The van der Waals surface area contributed by atoms with E-state index in [-0.39, 0.29) is 0 Å². The van der Waals surface area contributed by atoms with E-state index in [4.69, 9.17) is 10.2 Å². The van der Waals surface area contributed by atoms with Gasteiger partial charge in [0.05, 0.1) is 0 Å². The number of fused-ring (bicyclic) bond motifs is 1. The van der Waals surface area contributed by atoms with Crippen LogP contribution in [0.25, 0.3) is 33.4 Å². The van der Waals surface area contributed by atoms with E-state index < -0.39 is 0 Å². The molecule has 106 valence electrons. The van der Waals surface area contributed by atoms with Gasteiger partial charge in [0.15, 0.2) is 0 Å². The maximum atomic E-state index is 6.14. The first-order valence-electron chi connectivity index (χ1n) is 7.26. The monoisotopic (exact) mass is 285 g/mol. The molecule has 0 atom stereocenters. The molecule has 0 bridgehead atoms. The molecule has 2 N–H and O–H groups in total. The van der Waals surface area contributed by atoms with Gasteiger partial charge in [-0.1, -0.05) is 48.5 Å². The molecule has 0 unspecified atom stereocenters. The van der Waals surface area contributed by atoms with Gasteiger partial charge in [-0.15, -0.1) is 0 Å². The SMILES string of the molecule is Nc1ccc(-c2oc3ccccc3c2-c2ccccc2)cc1. The number of hydrogen-bond donors (Lipinski definition) is 1. The van der Waals surface area contributed by atoms with Crippen molar-refractivity contribution in [1.82, 2.24) is 0 Å². The standard InChI is InChI=1S/C20H15NO/c21-16-12-10-15(11-13-16)20-19(14-6-2-1-3-7-14)17-8-4-5-9-18(17)22-20/h1-13H,21H2. The second-order valence-corrected chi connectivity index (χ2v) is 5.29. The zero-order valence-corrected chi connectivity index (χ0v) is 12.0. The van der Waals surface area contributed by atoms with Crippen LogP contribution in [0.15, 0.2) is 83.3 Å². The zero-order chi connectivity index (χ0) is 14.9. The molecule has 3 aromatic carbocycles. The average Bonchev–Trinajstić information content (AvgIpc) is 2.96. The van der Waals surface area contributed by atoms with Gasteiger partial charge in [-0.25, -0.2) is 0 Å². The summed E-state index contributed by atoms with van der Waals surface area (Å²) in [5.74, 6) is 0.882. The summed E-state index contributed by atoms with van der Waals surface area (Å²) in [6.45, 7) is 0. The van der Waals surface area contributed by atoms with Crippen molar-refractivity contribution in [3.8, 4) is 22.5 Å². The number of benzene rings is 3. The molecular formula is C20H15NO. The second kappa shape index (κ2) is 5.08. The Balaban J connectivity index is 2.04. The highest BCUT2D eigenvalue weighted by atomic mass is 16.3. The lowest BCUT2D eigenvalue weighted by molar-refractivity contribution is 0.632. The molecule has 0 saturated carbocycles. The van der Waals surface area contributed by atoms with Crippen LogP contribution in [0.1, 0.15) is 0 Å². The molecular weight excluding hydrogens is 270 g/mol. The molecule has 4 rings (SSSR count). The van der Waals surface area contributed by atoms with Crippen LogP contribution in [0, 0.1) is 0 Å². The van der Waals surface area contributed by atoms with Crippen molar-refractivity contribution in [3.63, 3.8) is 0 Å². The number of furan rings is 1. The van der Waals surface area contributed by atoms with Crippen molar-refractivity contribution < 1.29 is 4.42 Å². The molecule has 0 aliphatic rings. The van der Waals surface area contributed by atoms with E-state index in [2.05, 4.69) is 18.2 Å². The lowest BCUT2D eigenvalue weighted by Crippen LogP contribution is -1.84. The van der Waals surface area contributed by atoms with E-state index in [1.54, 1.807) is 0 Å². The summed E-state index contributed by atoms with van der Waals surface area (Å²) in [7, 11) is 0. The maximum Gasteiger partial charge on any atom is 0.143 e. The third kappa shape index (κ3) is 2.06. The predicted molar refractivity (Wildman–Crippen MR) is 91.5 cm³/mol. The number of nitrogens with two attached hydrogens (primary N) is 1. The molecule has 0 radical (unpaired) electrons. The Labute approximate surface area is 128 Å². The lowest BCUT2D eigenvalue weighted by Gasteiger charge is -2.04. The van der Waals surface area contributed by atoms with Crippen molar-refractivity contribution in [2.75, 3.05) is 5.73 Å². The molecule has 2 nitrogen and oxygen atoms in total. The summed E-state index contributed by atoms with van der Waals surface area (Å²) in [6, 6.07) is 26.3. The van der Waals surface area contributed by atoms with Crippen molar-refractivity contribution >= 4 is 16.7 Å². The van der Waals surface area contributed by atoms with E-state index in [0.717, 1.165) is 39.1 Å². The van der Waals surface area contributed by atoms with Gasteiger partial charge in [0, 0.05) is 22.2 Å². The quantitative estimate of drug-likeness (QED) is 0.504. The fourth-order valence-electron chi connectivity index (χ4n) is 2.77. The molecule has 22 heavy (non-hydrogen) atoms. The number of anilines is 1. The minimum absolute atomic E-state index is 0.751. The second-order valence-electron chi connectivity index (χ2n) is 5.29. The topological polar surface area (TPSA) is 39.2 Å². The van der Waals surface area contributed by atoms with E-state index in [1.165, 1.54) is 0 Å². The minimum atomic E-state index is 0.751. The molecule has 0 fully saturated rings. The highest BCUT2D eigenvalue weighted by Crippen LogP contribution is 2.40. The van der Waals surface area contributed by atoms with E-state index in [0.29, 0.717) is 0 Å². The summed E-state index contributed by atoms with van der Waals surface area (Å²) in [5.41, 5.74) is 10.8. The van der Waals surface area contributed by atoms with Crippen molar-refractivity contribution in [2.45, 2.75) is 0 Å². The average molecular weight is 285 g/mol. The Morgan fingerprint density at radius 2 is 1.32 bits per heavy atom. The highest BCUT2D eigenvalue weighted by Gasteiger charge is 2.16. The van der Waals surface area contributed by atoms with Crippen molar-refractivity contribution in [3.05, 3.63) is 78.9 Å². The van der Waals surface area contributed by atoms with Crippen LogP contribution in [-0.2, 0) is 0 Å². The maximum absolute atomic E-state index is 6.14. The smallest absolute Gasteiger partial charge is 0.143 e. The molecule has 2 heteroatoms. The van der Waals surface area contributed by atoms with Crippen LogP contribution in [-0.4, -0.2) is 0 Å². The van der Waals surface area contributed by atoms with Crippen LogP contribution in [0.5, 0.6) is 0 Å². The summed E-state index contributed by atoms with van der Waals surface area (Å²) in [5, 5.41) is 1.13. The Bertz CT molecular complexity index is 921. The summed E-state index contributed by atoms with van der Waals surface area (Å²) < 4.78 is 6.14. The van der Waals surface area contributed by atoms with Crippen LogP contribution in [0.4, 0.5) is 5.69 Å². The molecule has 0 aliphatic heterocycles. The number of hydrogen-bond acceptors (Lipinski definition) is 2. The summed E-state index contributed by atoms with van der Waals surface area (Å²) in [4.78, 5) is 0. The Morgan fingerprint density at radius 1 is 0.636 bits per heavy atom. The normalized spacial score (nSPS) is 10.9. The Morgan fingerprint density at radius 3 is 2.09 bits per heavy atom. The Kier molecular flexibility index (Phi) is 2.94. The van der Waals surface area contributed by atoms with Gasteiger partial charge in [0.2, 0.25) is 0 Å². The van der Waals surface area contributed by atoms with Gasteiger partial charge < -0.3 is 10.2 Å². The number of para-hydroxylation sites is 1. The first-order valence-corrected chi connectivity index (χ1v) is 7.26. The molecule has 0 spiro atoms. The van der Waals surface area contributed by atoms with Gasteiger partial charge in [0.1, 0.15) is 11.3 Å². The van der Waals surface area contributed by atoms with Gasteiger partial charge >= 0.3 is 0 Å². The first kappa shape index (κ1) is 12.7. The van der Waals surface area contributed by atoms with Gasteiger partial charge in [-0.05, 0) is 35.9 Å². The third-order valence-corrected chi connectivity index (χ3v) is 3.83. The first-order chi connectivity index (χ1) is 10.8. The Hall–Kier alpha value is -3.00. The van der Waals surface area contributed by atoms with Gasteiger partial charge in [-0.2, -0.15) is 0 Å². The molecule has 1 aromatic heterocycles.